The first-order valence-electron chi connectivity index (χ1n) is 5.27. The van der Waals surface area contributed by atoms with Gasteiger partial charge in [-0.05, 0) is 6.92 Å². The van der Waals surface area contributed by atoms with Crippen LogP contribution in [0.4, 0.5) is 0 Å². The van der Waals surface area contributed by atoms with Crippen molar-refractivity contribution in [3.05, 3.63) is 18.2 Å². The number of aromatic amines is 1. The van der Waals surface area contributed by atoms with E-state index < -0.39 is 0 Å². The highest BCUT2D eigenvalue weighted by Gasteiger charge is 2.30. The number of H-pyrrole nitrogens is 1. The zero-order chi connectivity index (χ0) is 10.7. The summed E-state index contributed by atoms with van der Waals surface area (Å²) in [7, 11) is 0. The summed E-state index contributed by atoms with van der Waals surface area (Å²) in [6.45, 7) is 3.38. The van der Waals surface area contributed by atoms with Crippen molar-refractivity contribution in [1.29, 1.82) is 0 Å². The van der Waals surface area contributed by atoms with Gasteiger partial charge in [0.05, 0.1) is 24.6 Å². The molecule has 3 atom stereocenters. The number of imidazole rings is 1. The van der Waals surface area contributed by atoms with Crippen molar-refractivity contribution in [3.8, 4) is 0 Å². The standard InChI is InChI=1S/C10H17N3O2/c1-7-2-9(14)10(15-7)5-11-3-8-4-12-6-13-8/h4,6-7,9-11,14H,2-3,5H2,1H3,(H,12,13)/t7?,9-,10+/m0/s1. The SMILES string of the molecule is CC1C[C@H](O)[C@@H](CNCc2cnc[nH]2)O1. The summed E-state index contributed by atoms with van der Waals surface area (Å²) in [5, 5.41) is 12.9. The monoisotopic (exact) mass is 211 g/mol. The van der Waals surface area contributed by atoms with Gasteiger partial charge in [-0.25, -0.2) is 4.98 Å². The van der Waals surface area contributed by atoms with E-state index in [4.69, 9.17) is 4.74 Å². The Balaban J connectivity index is 1.70. The molecular weight excluding hydrogens is 194 g/mol. The Morgan fingerprint density at radius 2 is 2.60 bits per heavy atom. The first-order chi connectivity index (χ1) is 7.25. The van der Waals surface area contributed by atoms with E-state index in [1.54, 1.807) is 12.5 Å². The highest BCUT2D eigenvalue weighted by atomic mass is 16.5. The minimum absolute atomic E-state index is 0.0806. The molecule has 1 fully saturated rings. The highest BCUT2D eigenvalue weighted by molar-refractivity contribution is 4.93. The van der Waals surface area contributed by atoms with Gasteiger partial charge in [-0.1, -0.05) is 0 Å². The van der Waals surface area contributed by atoms with Crippen LogP contribution >= 0.6 is 0 Å². The molecule has 5 nitrogen and oxygen atoms in total. The van der Waals surface area contributed by atoms with Crippen molar-refractivity contribution in [3.63, 3.8) is 0 Å². The van der Waals surface area contributed by atoms with E-state index in [0.29, 0.717) is 6.54 Å². The second-order valence-corrected chi connectivity index (χ2v) is 4.00. The molecule has 84 valence electrons. The molecule has 1 aromatic heterocycles. The zero-order valence-corrected chi connectivity index (χ0v) is 8.81. The van der Waals surface area contributed by atoms with Crippen molar-refractivity contribution < 1.29 is 9.84 Å². The minimum Gasteiger partial charge on any atom is -0.390 e. The number of aliphatic hydroxyl groups is 1. The Hall–Kier alpha value is -0.910. The maximum absolute atomic E-state index is 9.63. The summed E-state index contributed by atoms with van der Waals surface area (Å²) in [5.41, 5.74) is 1.04. The fraction of sp³-hybridized carbons (Fsp3) is 0.700. The van der Waals surface area contributed by atoms with Crippen molar-refractivity contribution in [1.82, 2.24) is 15.3 Å². The van der Waals surface area contributed by atoms with E-state index in [2.05, 4.69) is 15.3 Å². The number of rotatable bonds is 4. The van der Waals surface area contributed by atoms with Crippen LogP contribution < -0.4 is 5.32 Å². The van der Waals surface area contributed by atoms with Crippen molar-refractivity contribution >= 4 is 0 Å². The summed E-state index contributed by atoms with van der Waals surface area (Å²) < 4.78 is 5.55. The minimum atomic E-state index is -0.339. The van der Waals surface area contributed by atoms with Gasteiger partial charge >= 0.3 is 0 Å². The van der Waals surface area contributed by atoms with Crippen molar-refractivity contribution in [2.24, 2.45) is 0 Å². The van der Waals surface area contributed by atoms with Gasteiger partial charge in [-0.2, -0.15) is 0 Å². The van der Waals surface area contributed by atoms with Gasteiger partial charge in [-0.3, -0.25) is 0 Å². The largest absolute Gasteiger partial charge is 0.390 e. The van der Waals surface area contributed by atoms with Crippen LogP contribution in [0.25, 0.3) is 0 Å². The van der Waals surface area contributed by atoms with Crippen LogP contribution in [0, 0.1) is 0 Å². The van der Waals surface area contributed by atoms with Crippen LogP contribution in [0.1, 0.15) is 19.0 Å². The molecular formula is C10H17N3O2. The molecule has 0 bridgehead atoms. The molecule has 1 unspecified atom stereocenters. The van der Waals surface area contributed by atoms with Crippen LogP contribution in [0.15, 0.2) is 12.5 Å². The maximum atomic E-state index is 9.63. The molecule has 5 heteroatoms. The lowest BCUT2D eigenvalue weighted by atomic mass is 10.1. The number of ether oxygens (including phenoxy) is 1. The van der Waals surface area contributed by atoms with Gasteiger partial charge in [0.25, 0.3) is 0 Å². The van der Waals surface area contributed by atoms with Crippen LogP contribution in [-0.4, -0.2) is 39.9 Å². The van der Waals surface area contributed by atoms with Gasteiger partial charge in [0.1, 0.15) is 0 Å². The molecule has 1 aliphatic rings. The van der Waals surface area contributed by atoms with Gasteiger partial charge in [0.15, 0.2) is 0 Å². The lowest BCUT2D eigenvalue weighted by Crippen LogP contribution is -2.33. The Kier molecular flexibility index (Phi) is 3.35. The Labute approximate surface area is 88.9 Å². The number of aromatic nitrogens is 2. The predicted octanol–water partition coefficient (Wildman–Crippen LogP) is 0.0376. The van der Waals surface area contributed by atoms with Crippen LogP contribution in [0.2, 0.25) is 0 Å². The number of aliphatic hydroxyl groups excluding tert-OH is 1. The molecule has 0 spiro atoms. The number of nitrogens with one attached hydrogen (secondary N) is 2. The second-order valence-electron chi connectivity index (χ2n) is 4.00. The topological polar surface area (TPSA) is 70.2 Å². The number of nitrogens with zero attached hydrogens (tertiary/aromatic N) is 1. The lowest BCUT2D eigenvalue weighted by Gasteiger charge is -2.14. The van der Waals surface area contributed by atoms with Gasteiger partial charge < -0.3 is 20.1 Å². The molecule has 1 aromatic rings. The predicted molar refractivity (Wildman–Crippen MR) is 55.3 cm³/mol. The summed E-state index contributed by atoms with van der Waals surface area (Å²) in [6.07, 6.45) is 3.91. The third-order valence-corrected chi connectivity index (χ3v) is 2.63. The average Bonchev–Trinajstić information content (AvgIpc) is 2.77. The van der Waals surface area contributed by atoms with Crippen molar-refractivity contribution in [2.45, 2.75) is 38.2 Å². The van der Waals surface area contributed by atoms with Crippen LogP contribution in [-0.2, 0) is 11.3 Å². The molecule has 1 saturated heterocycles. The van der Waals surface area contributed by atoms with E-state index in [1.807, 2.05) is 6.92 Å². The third kappa shape index (κ3) is 2.77. The van der Waals surface area contributed by atoms with E-state index in [1.165, 1.54) is 0 Å². The second kappa shape index (κ2) is 4.74. The van der Waals surface area contributed by atoms with Gasteiger partial charge in [0.2, 0.25) is 0 Å². The fourth-order valence-electron chi connectivity index (χ4n) is 1.85. The summed E-state index contributed by atoms with van der Waals surface area (Å²) in [5.74, 6) is 0. The quantitative estimate of drug-likeness (QED) is 0.657. The highest BCUT2D eigenvalue weighted by Crippen LogP contribution is 2.19. The normalized spacial score (nSPS) is 30.9. The average molecular weight is 211 g/mol. The third-order valence-electron chi connectivity index (χ3n) is 2.63. The lowest BCUT2D eigenvalue weighted by molar-refractivity contribution is 0.0169. The molecule has 0 radical (unpaired) electrons. The van der Waals surface area contributed by atoms with E-state index in [0.717, 1.165) is 18.7 Å². The molecule has 2 rings (SSSR count). The Morgan fingerprint density at radius 3 is 3.20 bits per heavy atom. The molecule has 1 aliphatic heterocycles. The van der Waals surface area contributed by atoms with Gasteiger partial charge in [0, 0.05) is 31.4 Å². The first kappa shape index (κ1) is 10.6. The molecule has 2 heterocycles. The van der Waals surface area contributed by atoms with E-state index in [9.17, 15) is 5.11 Å². The zero-order valence-electron chi connectivity index (χ0n) is 8.81. The summed E-state index contributed by atoms with van der Waals surface area (Å²) >= 11 is 0. The number of hydrogen-bond acceptors (Lipinski definition) is 4. The smallest absolute Gasteiger partial charge is 0.0962 e. The molecule has 0 aromatic carbocycles. The molecule has 0 saturated carbocycles. The van der Waals surface area contributed by atoms with Crippen LogP contribution in [0.3, 0.4) is 0 Å². The molecule has 0 aliphatic carbocycles. The molecule has 3 N–H and O–H groups in total. The first-order valence-corrected chi connectivity index (χ1v) is 5.27. The fourth-order valence-corrected chi connectivity index (χ4v) is 1.85. The Bertz CT molecular complexity index is 289. The van der Waals surface area contributed by atoms with E-state index in [-0.39, 0.29) is 18.3 Å². The summed E-state index contributed by atoms with van der Waals surface area (Å²) in [4.78, 5) is 6.93. The molecule has 15 heavy (non-hydrogen) atoms. The van der Waals surface area contributed by atoms with Crippen LogP contribution in [0.5, 0.6) is 0 Å². The summed E-state index contributed by atoms with van der Waals surface area (Å²) in [6, 6.07) is 0. The maximum Gasteiger partial charge on any atom is 0.0962 e. The van der Waals surface area contributed by atoms with Gasteiger partial charge in [-0.15, -0.1) is 0 Å². The Morgan fingerprint density at radius 1 is 1.73 bits per heavy atom. The van der Waals surface area contributed by atoms with Crippen molar-refractivity contribution in [2.75, 3.05) is 6.54 Å². The molecule has 0 amide bonds. The van der Waals surface area contributed by atoms with E-state index >= 15 is 0 Å². The number of hydrogen-bond donors (Lipinski definition) is 3.